The maximum Gasteiger partial charge on any atom is 0.311 e. The van der Waals surface area contributed by atoms with Gasteiger partial charge < -0.3 is 14.6 Å². The normalized spacial score (nSPS) is 23.1. The molecular weight excluding hydrogens is 244 g/mol. The van der Waals surface area contributed by atoms with Crippen molar-refractivity contribution in [1.29, 1.82) is 0 Å². The molecule has 5 heteroatoms. The van der Waals surface area contributed by atoms with E-state index in [0.717, 1.165) is 0 Å². The number of carboxylic acid groups (broad SMARTS) is 1. The van der Waals surface area contributed by atoms with Crippen molar-refractivity contribution in [2.24, 2.45) is 5.41 Å². The molecule has 2 rings (SSSR count). The van der Waals surface area contributed by atoms with E-state index in [-0.39, 0.29) is 18.5 Å². The molecule has 5 nitrogen and oxygen atoms in total. The van der Waals surface area contributed by atoms with Crippen LogP contribution in [-0.2, 0) is 4.79 Å². The average molecular weight is 264 g/mol. The predicted molar refractivity (Wildman–Crippen MR) is 71.1 cm³/mol. The molecule has 1 aromatic rings. The van der Waals surface area contributed by atoms with Crippen molar-refractivity contribution in [3.63, 3.8) is 0 Å². The Balaban J connectivity index is 2.18. The van der Waals surface area contributed by atoms with Crippen molar-refractivity contribution in [1.82, 2.24) is 9.47 Å². The van der Waals surface area contributed by atoms with Crippen molar-refractivity contribution in [3.05, 3.63) is 24.0 Å². The largest absolute Gasteiger partial charge is 0.481 e. The number of nitrogens with zero attached hydrogens (tertiary/aromatic N) is 2. The Labute approximate surface area is 112 Å². The summed E-state index contributed by atoms with van der Waals surface area (Å²) in [5, 5.41) is 9.20. The molecular formula is C14H20N2O3. The highest BCUT2D eigenvalue weighted by molar-refractivity contribution is 5.93. The van der Waals surface area contributed by atoms with Gasteiger partial charge in [-0.25, -0.2) is 0 Å². The molecule has 0 aliphatic carbocycles. The van der Waals surface area contributed by atoms with Gasteiger partial charge in [-0.3, -0.25) is 9.59 Å². The van der Waals surface area contributed by atoms with Gasteiger partial charge >= 0.3 is 5.97 Å². The second-order valence-corrected chi connectivity index (χ2v) is 5.74. The standard InChI is InChI=1S/C14H20N2O3/c1-10(2)16-7-4-5-11(16)12(17)15-8-6-14(3,9-15)13(18)19/h4-5,7,10H,6,8-9H2,1-3H3,(H,18,19). The smallest absolute Gasteiger partial charge is 0.311 e. The summed E-state index contributed by atoms with van der Waals surface area (Å²) in [6.07, 6.45) is 2.39. The quantitative estimate of drug-likeness (QED) is 0.908. The Morgan fingerprint density at radius 1 is 1.42 bits per heavy atom. The van der Waals surface area contributed by atoms with Gasteiger partial charge in [-0.1, -0.05) is 0 Å². The SMILES string of the molecule is CC(C)n1cccc1C(=O)N1CCC(C)(C(=O)O)C1. The van der Waals surface area contributed by atoms with Gasteiger partial charge in [0.05, 0.1) is 5.41 Å². The number of carbonyl (C=O) groups excluding carboxylic acids is 1. The van der Waals surface area contributed by atoms with Crippen molar-refractivity contribution < 1.29 is 14.7 Å². The fourth-order valence-electron chi connectivity index (χ4n) is 2.50. The van der Waals surface area contributed by atoms with Crippen LogP contribution >= 0.6 is 0 Å². The Bertz CT molecular complexity index is 507. The van der Waals surface area contributed by atoms with Crippen LogP contribution in [0.2, 0.25) is 0 Å². The molecule has 1 saturated heterocycles. The molecule has 1 aromatic heterocycles. The number of hydrogen-bond donors (Lipinski definition) is 1. The van der Waals surface area contributed by atoms with Gasteiger partial charge in [0.15, 0.2) is 0 Å². The van der Waals surface area contributed by atoms with Crippen molar-refractivity contribution in [2.45, 2.75) is 33.2 Å². The molecule has 0 radical (unpaired) electrons. The molecule has 1 aliphatic heterocycles. The van der Waals surface area contributed by atoms with Crippen LogP contribution in [0.15, 0.2) is 18.3 Å². The zero-order valence-electron chi connectivity index (χ0n) is 11.6. The first-order valence-electron chi connectivity index (χ1n) is 6.55. The van der Waals surface area contributed by atoms with Crippen LogP contribution in [0.5, 0.6) is 0 Å². The second-order valence-electron chi connectivity index (χ2n) is 5.74. The Kier molecular flexibility index (Phi) is 3.39. The molecule has 1 amide bonds. The fraction of sp³-hybridized carbons (Fsp3) is 0.571. The number of likely N-dealkylation sites (tertiary alicyclic amines) is 1. The van der Waals surface area contributed by atoms with Gasteiger partial charge in [0.25, 0.3) is 5.91 Å². The number of aliphatic carboxylic acids is 1. The number of hydrogen-bond acceptors (Lipinski definition) is 2. The lowest BCUT2D eigenvalue weighted by Gasteiger charge is -2.21. The minimum absolute atomic E-state index is 0.0799. The van der Waals surface area contributed by atoms with Crippen LogP contribution in [0.25, 0.3) is 0 Å². The zero-order valence-corrected chi connectivity index (χ0v) is 11.6. The first-order valence-corrected chi connectivity index (χ1v) is 6.55. The van der Waals surface area contributed by atoms with Gasteiger partial charge in [-0.15, -0.1) is 0 Å². The molecule has 1 fully saturated rings. The third kappa shape index (κ3) is 2.37. The van der Waals surface area contributed by atoms with E-state index < -0.39 is 11.4 Å². The van der Waals surface area contributed by atoms with Crippen molar-refractivity contribution in [2.75, 3.05) is 13.1 Å². The molecule has 0 bridgehead atoms. The monoisotopic (exact) mass is 264 g/mol. The van der Waals surface area contributed by atoms with Crippen LogP contribution < -0.4 is 0 Å². The van der Waals surface area contributed by atoms with Crippen LogP contribution in [0.1, 0.15) is 43.7 Å². The molecule has 2 heterocycles. The summed E-state index contributed by atoms with van der Waals surface area (Å²) < 4.78 is 1.92. The van der Waals surface area contributed by atoms with Crippen LogP contribution in [-0.4, -0.2) is 39.5 Å². The van der Waals surface area contributed by atoms with E-state index in [1.807, 2.05) is 30.7 Å². The molecule has 1 N–H and O–H groups in total. The van der Waals surface area contributed by atoms with Gasteiger partial charge in [-0.2, -0.15) is 0 Å². The summed E-state index contributed by atoms with van der Waals surface area (Å²) in [6, 6.07) is 3.85. The highest BCUT2D eigenvalue weighted by Crippen LogP contribution is 2.31. The highest BCUT2D eigenvalue weighted by atomic mass is 16.4. The maximum atomic E-state index is 12.5. The predicted octanol–water partition coefficient (Wildman–Crippen LogP) is 2.01. The number of aromatic nitrogens is 1. The summed E-state index contributed by atoms with van der Waals surface area (Å²) >= 11 is 0. The lowest BCUT2D eigenvalue weighted by Crippen LogP contribution is -2.35. The van der Waals surface area contributed by atoms with Gasteiger partial charge in [-0.05, 0) is 39.3 Å². The number of amides is 1. The molecule has 104 valence electrons. The lowest BCUT2D eigenvalue weighted by molar-refractivity contribution is -0.147. The first kappa shape index (κ1) is 13.6. The summed E-state index contributed by atoms with van der Waals surface area (Å²) in [4.78, 5) is 25.3. The molecule has 19 heavy (non-hydrogen) atoms. The number of carboxylic acids is 1. The van der Waals surface area contributed by atoms with E-state index in [1.54, 1.807) is 17.9 Å². The Morgan fingerprint density at radius 3 is 2.63 bits per heavy atom. The third-order valence-electron chi connectivity index (χ3n) is 3.83. The average Bonchev–Trinajstić information content (AvgIpc) is 2.95. The zero-order chi connectivity index (χ0) is 14.2. The van der Waals surface area contributed by atoms with Crippen LogP contribution in [0.4, 0.5) is 0 Å². The van der Waals surface area contributed by atoms with E-state index in [0.29, 0.717) is 18.7 Å². The minimum Gasteiger partial charge on any atom is -0.481 e. The lowest BCUT2D eigenvalue weighted by atomic mass is 9.90. The van der Waals surface area contributed by atoms with E-state index in [1.165, 1.54) is 0 Å². The number of rotatable bonds is 3. The molecule has 1 unspecified atom stereocenters. The van der Waals surface area contributed by atoms with E-state index in [4.69, 9.17) is 0 Å². The Hall–Kier alpha value is -1.78. The Morgan fingerprint density at radius 2 is 2.11 bits per heavy atom. The highest BCUT2D eigenvalue weighted by Gasteiger charge is 2.42. The molecule has 1 atom stereocenters. The van der Waals surface area contributed by atoms with Gasteiger partial charge in [0.2, 0.25) is 0 Å². The van der Waals surface area contributed by atoms with E-state index in [2.05, 4.69) is 0 Å². The topological polar surface area (TPSA) is 62.5 Å². The summed E-state index contributed by atoms with van der Waals surface area (Å²) in [5.41, 5.74) is -0.185. The molecule has 0 spiro atoms. The number of carbonyl (C=O) groups is 2. The van der Waals surface area contributed by atoms with Crippen molar-refractivity contribution in [3.8, 4) is 0 Å². The summed E-state index contributed by atoms with van der Waals surface area (Å²) in [6.45, 7) is 6.52. The first-order chi connectivity index (χ1) is 8.85. The van der Waals surface area contributed by atoms with Crippen molar-refractivity contribution >= 4 is 11.9 Å². The molecule has 1 aliphatic rings. The van der Waals surface area contributed by atoms with Crippen LogP contribution in [0, 0.1) is 5.41 Å². The maximum absolute atomic E-state index is 12.5. The van der Waals surface area contributed by atoms with Crippen LogP contribution in [0.3, 0.4) is 0 Å². The summed E-state index contributed by atoms with van der Waals surface area (Å²) in [5.74, 6) is -0.911. The van der Waals surface area contributed by atoms with E-state index in [9.17, 15) is 14.7 Å². The van der Waals surface area contributed by atoms with E-state index >= 15 is 0 Å². The van der Waals surface area contributed by atoms with Gasteiger partial charge in [0, 0.05) is 25.3 Å². The van der Waals surface area contributed by atoms with Gasteiger partial charge in [0.1, 0.15) is 5.69 Å². The molecule has 0 saturated carbocycles. The minimum atomic E-state index is -0.831. The fourth-order valence-corrected chi connectivity index (χ4v) is 2.50. The molecule has 0 aromatic carbocycles. The second kappa shape index (κ2) is 4.72. The third-order valence-corrected chi connectivity index (χ3v) is 3.83. The summed E-state index contributed by atoms with van der Waals surface area (Å²) in [7, 11) is 0.